The zero-order chi connectivity index (χ0) is 22.7. The van der Waals surface area contributed by atoms with Gasteiger partial charge in [-0.1, -0.05) is 128 Å². The average molecular weight is 421 g/mol. The Balaban J connectivity index is 2.33. The summed E-state index contributed by atoms with van der Waals surface area (Å²) in [6.07, 6.45) is 10.3. The second-order valence-electron chi connectivity index (χ2n) is 10.3. The van der Waals surface area contributed by atoms with Gasteiger partial charge in [0.1, 0.15) is 0 Å². The first-order chi connectivity index (χ1) is 15.0. The Labute approximate surface area is 193 Å². The van der Waals surface area contributed by atoms with Crippen molar-refractivity contribution in [2.24, 2.45) is 17.3 Å². The van der Waals surface area contributed by atoms with Crippen LogP contribution < -0.4 is 0 Å². The molecule has 4 atom stereocenters. The van der Waals surface area contributed by atoms with E-state index in [1.807, 2.05) is 0 Å². The summed E-state index contributed by atoms with van der Waals surface area (Å²) in [7, 11) is 0. The highest BCUT2D eigenvalue weighted by Crippen LogP contribution is 2.48. The van der Waals surface area contributed by atoms with Crippen LogP contribution in [0.25, 0.3) is 0 Å². The van der Waals surface area contributed by atoms with Crippen LogP contribution in [0.2, 0.25) is 0 Å². The van der Waals surface area contributed by atoms with Gasteiger partial charge in [0.2, 0.25) is 0 Å². The van der Waals surface area contributed by atoms with Gasteiger partial charge in [-0.05, 0) is 65.9 Å². The van der Waals surface area contributed by atoms with Gasteiger partial charge < -0.3 is 0 Å². The predicted molar refractivity (Wildman–Crippen MR) is 139 cm³/mol. The molecule has 0 bridgehead atoms. The molecule has 0 saturated carbocycles. The van der Waals surface area contributed by atoms with Gasteiger partial charge in [0.25, 0.3) is 0 Å². The van der Waals surface area contributed by atoms with E-state index in [4.69, 9.17) is 0 Å². The van der Waals surface area contributed by atoms with Gasteiger partial charge in [-0.15, -0.1) is 0 Å². The molecular formula is C31H48. The monoisotopic (exact) mass is 420 g/mol. The minimum atomic E-state index is 0.405. The molecule has 0 radical (unpaired) electrons. The van der Waals surface area contributed by atoms with Gasteiger partial charge in [0, 0.05) is 0 Å². The van der Waals surface area contributed by atoms with E-state index in [2.05, 4.69) is 102 Å². The fourth-order valence-electron chi connectivity index (χ4n) is 5.39. The molecule has 0 aliphatic carbocycles. The van der Waals surface area contributed by atoms with E-state index in [0.29, 0.717) is 17.3 Å². The molecule has 2 aromatic rings. The zero-order valence-corrected chi connectivity index (χ0v) is 21.2. The second kappa shape index (κ2) is 13.1. The molecule has 0 N–H and O–H groups in total. The minimum Gasteiger partial charge on any atom is -0.0651 e. The van der Waals surface area contributed by atoms with Crippen LogP contribution in [0.4, 0.5) is 0 Å². The Kier molecular flexibility index (Phi) is 10.9. The van der Waals surface area contributed by atoms with Crippen LogP contribution in [0, 0.1) is 17.3 Å². The second-order valence-corrected chi connectivity index (χ2v) is 10.3. The maximum Gasteiger partial charge on any atom is -0.0154 e. The molecule has 0 saturated heterocycles. The largest absolute Gasteiger partial charge is 0.0651 e. The fourth-order valence-corrected chi connectivity index (χ4v) is 5.39. The van der Waals surface area contributed by atoms with E-state index < -0.39 is 0 Å². The molecule has 2 rings (SSSR count). The smallest absolute Gasteiger partial charge is 0.0154 e. The molecule has 31 heavy (non-hydrogen) atoms. The van der Waals surface area contributed by atoms with E-state index in [9.17, 15) is 0 Å². The van der Waals surface area contributed by atoms with Crippen molar-refractivity contribution < 1.29 is 0 Å². The molecule has 0 amide bonds. The number of hydrogen-bond acceptors (Lipinski definition) is 0. The van der Waals surface area contributed by atoms with Crippen molar-refractivity contribution in [1.82, 2.24) is 0 Å². The minimum absolute atomic E-state index is 0.405. The summed E-state index contributed by atoms with van der Waals surface area (Å²) in [4.78, 5) is 0. The first-order valence-electron chi connectivity index (χ1n) is 13.1. The third-order valence-corrected chi connectivity index (χ3v) is 8.17. The Hall–Kier alpha value is -1.56. The van der Waals surface area contributed by atoms with E-state index in [1.54, 1.807) is 11.1 Å². The van der Waals surface area contributed by atoms with Gasteiger partial charge in [0.05, 0.1) is 0 Å². The van der Waals surface area contributed by atoms with Gasteiger partial charge in [0.15, 0.2) is 0 Å². The first-order valence-corrected chi connectivity index (χ1v) is 13.1. The summed E-state index contributed by atoms with van der Waals surface area (Å²) in [5, 5.41) is 0. The Morgan fingerprint density at radius 2 is 0.935 bits per heavy atom. The van der Waals surface area contributed by atoms with Crippen molar-refractivity contribution in [1.29, 1.82) is 0 Å². The normalized spacial score (nSPS) is 15.9. The number of benzene rings is 2. The van der Waals surface area contributed by atoms with Gasteiger partial charge >= 0.3 is 0 Å². The highest BCUT2D eigenvalue weighted by atomic mass is 14.4. The summed E-state index contributed by atoms with van der Waals surface area (Å²) in [5.74, 6) is 2.88. The molecule has 0 aromatic heterocycles. The van der Waals surface area contributed by atoms with Crippen LogP contribution in [-0.2, 0) is 0 Å². The van der Waals surface area contributed by atoms with Crippen molar-refractivity contribution in [3.8, 4) is 0 Å². The molecule has 0 nitrogen and oxygen atoms in total. The lowest BCUT2D eigenvalue weighted by atomic mass is 9.65. The van der Waals surface area contributed by atoms with Gasteiger partial charge in [-0.2, -0.15) is 0 Å². The standard InChI is InChI=1S/C31H48/c1-7-25(5)21-29(27-17-13-11-14-18-27)23-31(9-3,10-4)24-30(22-26(6)8-2)28-19-15-12-16-20-28/h11-20,25-26,29-30H,7-10,21-24H2,1-6H3. The topological polar surface area (TPSA) is 0 Å². The molecular weight excluding hydrogens is 372 g/mol. The van der Waals surface area contributed by atoms with Crippen LogP contribution in [0.3, 0.4) is 0 Å². The summed E-state index contributed by atoms with van der Waals surface area (Å²) >= 11 is 0. The summed E-state index contributed by atoms with van der Waals surface area (Å²) in [6.45, 7) is 14.4. The molecule has 0 heterocycles. The third kappa shape index (κ3) is 7.81. The van der Waals surface area contributed by atoms with Crippen LogP contribution in [-0.4, -0.2) is 0 Å². The molecule has 0 spiro atoms. The molecule has 0 aliphatic rings. The first kappa shape index (κ1) is 25.7. The van der Waals surface area contributed by atoms with Crippen LogP contribution >= 0.6 is 0 Å². The Morgan fingerprint density at radius 1 is 0.581 bits per heavy atom. The lowest BCUT2D eigenvalue weighted by molar-refractivity contribution is 0.168. The highest BCUT2D eigenvalue weighted by Gasteiger charge is 2.34. The number of rotatable bonds is 14. The van der Waals surface area contributed by atoms with Crippen molar-refractivity contribution in [2.45, 2.75) is 105 Å². The Bertz CT molecular complexity index is 638. The molecule has 0 fully saturated rings. The highest BCUT2D eigenvalue weighted by molar-refractivity contribution is 5.22. The van der Waals surface area contributed by atoms with E-state index in [1.165, 1.54) is 51.4 Å². The van der Waals surface area contributed by atoms with Crippen molar-refractivity contribution in [3.63, 3.8) is 0 Å². The quantitative estimate of drug-likeness (QED) is 0.285. The van der Waals surface area contributed by atoms with Crippen molar-refractivity contribution in [3.05, 3.63) is 71.8 Å². The lowest BCUT2D eigenvalue weighted by Crippen LogP contribution is -2.26. The van der Waals surface area contributed by atoms with Crippen molar-refractivity contribution >= 4 is 0 Å². The maximum absolute atomic E-state index is 2.44. The summed E-state index contributed by atoms with van der Waals surface area (Å²) in [5.41, 5.74) is 3.50. The van der Waals surface area contributed by atoms with E-state index in [-0.39, 0.29) is 0 Å². The molecule has 0 heteroatoms. The summed E-state index contributed by atoms with van der Waals surface area (Å²) in [6, 6.07) is 22.7. The van der Waals surface area contributed by atoms with E-state index >= 15 is 0 Å². The zero-order valence-electron chi connectivity index (χ0n) is 21.2. The maximum atomic E-state index is 2.44. The summed E-state index contributed by atoms with van der Waals surface area (Å²) < 4.78 is 0. The lowest BCUT2D eigenvalue weighted by Gasteiger charge is -2.40. The molecule has 4 unspecified atom stereocenters. The van der Waals surface area contributed by atoms with Gasteiger partial charge in [-0.3, -0.25) is 0 Å². The van der Waals surface area contributed by atoms with Crippen LogP contribution in [0.15, 0.2) is 60.7 Å². The Morgan fingerprint density at radius 3 is 1.23 bits per heavy atom. The average Bonchev–Trinajstić information content (AvgIpc) is 2.83. The number of hydrogen-bond donors (Lipinski definition) is 0. The fraction of sp³-hybridized carbons (Fsp3) is 0.613. The van der Waals surface area contributed by atoms with Crippen LogP contribution in [0.1, 0.15) is 116 Å². The van der Waals surface area contributed by atoms with E-state index in [0.717, 1.165) is 11.8 Å². The van der Waals surface area contributed by atoms with Crippen LogP contribution in [0.5, 0.6) is 0 Å². The predicted octanol–water partition coefficient (Wildman–Crippen LogP) is 10.0. The SMILES string of the molecule is CCC(C)CC(CC(CC)(CC)CC(CC(C)CC)c1ccccc1)c1ccccc1. The molecule has 2 aromatic carbocycles. The van der Waals surface area contributed by atoms with Crippen molar-refractivity contribution in [2.75, 3.05) is 0 Å². The molecule has 0 aliphatic heterocycles. The third-order valence-electron chi connectivity index (χ3n) is 8.17. The van der Waals surface area contributed by atoms with Gasteiger partial charge in [-0.25, -0.2) is 0 Å². The molecule has 172 valence electrons.